The van der Waals surface area contributed by atoms with Crippen molar-refractivity contribution in [3.8, 4) is 5.75 Å². The van der Waals surface area contributed by atoms with Gasteiger partial charge in [0.05, 0.1) is 5.56 Å². The third-order valence-corrected chi connectivity index (χ3v) is 4.96. The van der Waals surface area contributed by atoms with E-state index >= 15 is 0 Å². The molecule has 2 amide bonds. The Morgan fingerprint density at radius 3 is 2.54 bits per heavy atom. The van der Waals surface area contributed by atoms with Crippen LogP contribution in [0.15, 0.2) is 53.6 Å². The summed E-state index contributed by atoms with van der Waals surface area (Å²) in [5.41, 5.74) is 2.14. The molecule has 28 heavy (non-hydrogen) atoms. The van der Waals surface area contributed by atoms with Crippen LogP contribution < -0.4 is 10.1 Å². The van der Waals surface area contributed by atoms with Crippen molar-refractivity contribution in [1.82, 2.24) is 10.3 Å². The molecule has 8 heteroatoms. The molecule has 0 aromatic heterocycles. The highest BCUT2D eigenvalue weighted by molar-refractivity contribution is 8.14. The average Bonchev–Trinajstić information content (AvgIpc) is 3.05. The molecule has 0 radical (unpaired) electrons. The number of carbonyl (C=O) groups excluding carboxylic acids is 3. The Balaban J connectivity index is 1.80. The maximum absolute atomic E-state index is 12.4. The number of nitrogens with one attached hydrogen (secondary N) is 1. The number of benzene rings is 2. The van der Waals surface area contributed by atoms with Crippen molar-refractivity contribution in [3.63, 3.8) is 0 Å². The number of amidine groups is 1. The number of rotatable bonds is 3. The lowest BCUT2D eigenvalue weighted by molar-refractivity contribution is -0.129. The Morgan fingerprint density at radius 1 is 1.11 bits per heavy atom. The van der Waals surface area contributed by atoms with E-state index in [1.54, 1.807) is 36.4 Å². The Kier molecular flexibility index (Phi) is 5.79. The van der Waals surface area contributed by atoms with Crippen LogP contribution in [0.1, 0.15) is 40.7 Å². The Bertz CT molecular complexity index is 973. The number of hydrogen-bond donors (Lipinski definition) is 1. The third-order valence-electron chi connectivity index (χ3n) is 3.86. The van der Waals surface area contributed by atoms with Crippen LogP contribution in [-0.2, 0) is 9.59 Å². The van der Waals surface area contributed by atoms with Crippen molar-refractivity contribution in [2.24, 2.45) is 5.10 Å². The molecule has 0 bridgehead atoms. The first-order chi connectivity index (χ1) is 13.3. The van der Waals surface area contributed by atoms with E-state index in [2.05, 4.69) is 10.4 Å². The van der Waals surface area contributed by atoms with Gasteiger partial charge in [0.25, 0.3) is 0 Å². The Hall–Kier alpha value is -3.13. The fourth-order valence-electron chi connectivity index (χ4n) is 2.65. The Morgan fingerprint density at radius 2 is 1.86 bits per heavy atom. The summed E-state index contributed by atoms with van der Waals surface area (Å²) in [6.45, 7) is 4.67. The van der Waals surface area contributed by atoms with Crippen molar-refractivity contribution in [1.29, 1.82) is 0 Å². The lowest BCUT2D eigenvalue weighted by atomic mass is 10.1. The van der Waals surface area contributed by atoms with E-state index in [9.17, 15) is 14.4 Å². The van der Waals surface area contributed by atoms with E-state index in [1.165, 1.54) is 30.6 Å². The van der Waals surface area contributed by atoms with Gasteiger partial charge in [-0.25, -0.2) is 9.80 Å². The summed E-state index contributed by atoms with van der Waals surface area (Å²) in [6.07, 6.45) is 0. The third kappa shape index (κ3) is 4.58. The number of amides is 2. The van der Waals surface area contributed by atoms with Gasteiger partial charge in [-0.15, -0.1) is 5.10 Å². The lowest BCUT2D eigenvalue weighted by Gasteiger charge is -2.19. The van der Waals surface area contributed by atoms with Crippen molar-refractivity contribution < 1.29 is 19.1 Å². The van der Waals surface area contributed by atoms with Gasteiger partial charge in [0.2, 0.25) is 11.8 Å². The summed E-state index contributed by atoms with van der Waals surface area (Å²) in [4.78, 5) is 35.6. The van der Waals surface area contributed by atoms with Crippen LogP contribution in [0.3, 0.4) is 0 Å². The number of hydrazone groups is 1. The van der Waals surface area contributed by atoms with E-state index in [0.29, 0.717) is 16.5 Å². The zero-order chi connectivity index (χ0) is 20.3. The number of aryl methyl sites for hydroxylation is 1. The second kappa shape index (κ2) is 8.26. The van der Waals surface area contributed by atoms with Crippen LogP contribution in [0.25, 0.3) is 0 Å². The van der Waals surface area contributed by atoms with Gasteiger partial charge in [-0.1, -0.05) is 41.6 Å². The predicted molar refractivity (Wildman–Crippen MR) is 107 cm³/mol. The molecule has 1 heterocycles. The minimum absolute atomic E-state index is 0.264. The van der Waals surface area contributed by atoms with E-state index in [0.717, 1.165) is 11.1 Å². The van der Waals surface area contributed by atoms with E-state index in [-0.39, 0.29) is 11.8 Å². The van der Waals surface area contributed by atoms with Gasteiger partial charge >= 0.3 is 5.97 Å². The van der Waals surface area contributed by atoms with Gasteiger partial charge in [0, 0.05) is 13.8 Å². The number of nitrogens with zero attached hydrogens (tertiary/aromatic N) is 2. The van der Waals surface area contributed by atoms with Gasteiger partial charge in [0.1, 0.15) is 11.1 Å². The highest BCUT2D eigenvalue weighted by atomic mass is 32.2. The fourth-order valence-corrected chi connectivity index (χ4v) is 3.78. The molecular formula is C20H19N3O4S. The quantitative estimate of drug-likeness (QED) is 0.635. The lowest BCUT2D eigenvalue weighted by Crippen LogP contribution is -2.25. The summed E-state index contributed by atoms with van der Waals surface area (Å²) in [5, 5.41) is 7.92. The summed E-state index contributed by atoms with van der Waals surface area (Å²) in [7, 11) is 0. The van der Waals surface area contributed by atoms with E-state index in [1.807, 2.05) is 19.1 Å². The molecule has 0 fully saturated rings. The van der Waals surface area contributed by atoms with E-state index in [4.69, 9.17) is 4.74 Å². The second-order valence-electron chi connectivity index (χ2n) is 6.25. The summed E-state index contributed by atoms with van der Waals surface area (Å²) in [6, 6.07) is 14.0. The van der Waals surface area contributed by atoms with Crippen LogP contribution in [0, 0.1) is 6.92 Å². The van der Waals surface area contributed by atoms with Crippen LogP contribution in [-0.4, -0.2) is 28.0 Å². The molecule has 0 saturated heterocycles. The smallest absolute Gasteiger partial charge is 0.343 e. The molecule has 0 aliphatic carbocycles. The minimum Gasteiger partial charge on any atom is -0.423 e. The van der Waals surface area contributed by atoms with Gasteiger partial charge in [-0.3, -0.25) is 9.59 Å². The zero-order valence-corrected chi connectivity index (χ0v) is 16.4. The number of thioether (sulfide) groups is 1. The average molecular weight is 397 g/mol. The first-order valence-corrected chi connectivity index (χ1v) is 9.43. The SMILES string of the molecule is CC(=O)NC1=NN(C(C)=O)C(c2cccc(OC(=O)c3cccc(C)c3)c2)S1. The van der Waals surface area contributed by atoms with Crippen LogP contribution in [0.4, 0.5) is 0 Å². The van der Waals surface area contributed by atoms with Gasteiger partial charge in [-0.05, 0) is 36.8 Å². The molecule has 1 atom stereocenters. The highest BCUT2D eigenvalue weighted by Gasteiger charge is 2.32. The Labute approximate surface area is 166 Å². The number of carbonyl (C=O) groups is 3. The van der Waals surface area contributed by atoms with Crippen molar-refractivity contribution in [3.05, 3.63) is 65.2 Å². The first kappa shape index (κ1) is 19.6. The maximum Gasteiger partial charge on any atom is 0.343 e. The molecule has 1 aliphatic rings. The molecule has 2 aromatic carbocycles. The monoisotopic (exact) mass is 397 g/mol. The van der Waals surface area contributed by atoms with Crippen molar-refractivity contribution >= 4 is 34.7 Å². The van der Waals surface area contributed by atoms with Gasteiger partial charge < -0.3 is 10.1 Å². The number of esters is 1. The normalized spacial score (nSPS) is 15.8. The number of ether oxygens (including phenoxy) is 1. The molecule has 1 aliphatic heterocycles. The number of hydrogen-bond acceptors (Lipinski definition) is 6. The molecule has 1 N–H and O–H groups in total. The summed E-state index contributed by atoms with van der Waals surface area (Å²) in [5.74, 6) is -0.629. The summed E-state index contributed by atoms with van der Waals surface area (Å²) >= 11 is 1.24. The predicted octanol–water partition coefficient (Wildman–Crippen LogP) is 3.22. The van der Waals surface area contributed by atoms with Gasteiger partial charge in [-0.2, -0.15) is 0 Å². The molecule has 0 saturated carbocycles. The fraction of sp³-hybridized carbons (Fsp3) is 0.200. The second-order valence-corrected chi connectivity index (χ2v) is 7.32. The zero-order valence-electron chi connectivity index (χ0n) is 15.6. The van der Waals surface area contributed by atoms with E-state index < -0.39 is 11.3 Å². The molecular weight excluding hydrogens is 378 g/mol. The van der Waals surface area contributed by atoms with Crippen LogP contribution in [0.5, 0.6) is 5.75 Å². The van der Waals surface area contributed by atoms with Crippen molar-refractivity contribution in [2.75, 3.05) is 0 Å². The molecule has 144 valence electrons. The van der Waals surface area contributed by atoms with Crippen LogP contribution >= 0.6 is 11.8 Å². The standard InChI is InChI=1S/C20H19N3O4S/c1-12-6-4-8-16(10-12)19(26)27-17-9-5-7-15(11-17)18-23(14(3)25)22-20(28-18)21-13(2)24/h4-11,18H,1-3H3,(H,21,22,24). The first-order valence-electron chi connectivity index (χ1n) is 8.55. The molecule has 3 rings (SSSR count). The van der Waals surface area contributed by atoms with Gasteiger partial charge in [0.15, 0.2) is 5.17 Å². The van der Waals surface area contributed by atoms with Crippen LogP contribution in [0.2, 0.25) is 0 Å². The van der Waals surface area contributed by atoms with Crippen molar-refractivity contribution in [2.45, 2.75) is 26.1 Å². The molecule has 7 nitrogen and oxygen atoms in total. The largest absolute Gasteiger partial charge is 0.423 e. The summed E-state index contributed by atoms with van der Waals surface area (Å²) < 4.78 is 5.48. The minimum atomic E-state index is -0.461. The maximum atomic E-state index is 12.4. The highest BCUT2D eigenvalue weighted by Crippen LogP contribution is 2.39. The molecule has 0 spiro atoms. The molecule has 1 unspecified atom stereocenters. The molecule has 2 aromatic rings. The topological polar surface area (TPSA) is 88.1 Å².